The van der Waals surface area contributed by atoms with E-state index in [4.69, 9.17) is 0 Å². The zero-order chi connectivity index (χ0) is 6.95. The van der Waals surface area contributed by atoms with Crippen LogP contribution in [0.25, 0.3) is 0 Å². The molecule has 0 aliphatic rings. The van der Waals surface area contributed by atoms with Crippen LogP contribution in [0.1, 0.15) is 0 Å². The van der Waals surface area contributed by atoms with Crippen LogP contribution in [-0.4, -0.2) is 18.0 Å². The Morgan fingerprint density at radius 3 is 2.67 bits per heavy atom. The van der Waals surface area contributed by atoms with Gasteiger partial charge in [-0.25, -0.2) is 9.59 Å². The highest BCUT2D eigenvalue weighted by Gasteiger charge is 1.81. The third kappa shape index (κ3) is 7.46. The number of carbonyl (C=O) groups excluding carboxylic acids is 2. The highest BCUT2D eigenvalue weighted by molar-refractivity contribution is 8.76. The third-order valence-corrected chi connectivity index (χ3v) is 1.65. The highest BCUT2D eigenvalue weighted by Crippen LogP contribution is 2.20. The number of isocyanates is 2. The fraction of sp³-hybridized carbons (Fsp3) is 0.333. The minimum Gasteiger partial charge on any atom is -0.211 e. The zero-order valence-electron chi connectivity index (χ0n) is 4.23. The maximum Gasteiger partial charge on any atom is 0.248 e. The molecule has 0 aliphatic carbocycles. The second kappa shape index (κ2) is 7.46. The lowest BCUT2D eigenvalue weighted by atomic mass is 11.4. The molecular formula is C3H2N2O2S2. The molecule has 9 heavy (non-hydrogen) atoms. The van der Waals surface area contributed by atoms with Gasteiger partial charge in [-0.05, 0) is 10.8 Å². The van der Waals surface area contributed by atoms with Crippen molar-refractivity contribution >= 4 is 33.9 Å². The SMILES string of the molecule is O=C=NCSSN=C=O. The van der Waals surface area contributed by atoms with Crippen LogP contribution >= 0.6 is 21.8 Å². The normalized spacial score (nSPS) is 7.11. The molecule has 0 radical (unpaired) electrons. The van der Waals surface area contributed by atoms with Gasteiger partial charge in [0.2, 0.25) is 12.2 Å². The van der Waals surface area contributed by atoms with Crippen LogP contribution in [0.15, 0.2) is 9.39 Å². The summed E-state index contributed by atoms with van der Waals surface area (Å²) in [5.74, 6) is 0.263. The number of aliphatic imine (C=N–C) groups is 1. The van der Waals surface area contributed by atoms with E-state index in [9.17, 15) is 9.59 Å². The van der Waals surface area contributed by atoms with Crippen LogP contribution in [0.2, 0.25) is 0 Å². The predicted molar refractivity (Wildman–Crippen MR) is 36.3 cm³/mol. The average Bonchev–Trinajstić information content (AvgIpc) is 1.89. The van der Waals surface area contributed by atoms with Gasteiger partial charge in [0.05, 0.1) is 11.0 Å². The van der Waals surface area contributed by atoms with Crippen LogP contribution in [0.3, 0.4) is 0 Å². The summed E-state index contributed by atoms with van der Waals surface area (Å²) in [5.41, 5.74) is 0. The van der Waals surface area contributed by atoms with Gasteiger partial charge in [-0.15, -0.1) is 4.40 Å². The van der Waals surface area contributed by atoms with Gasteiger partial charge in [-0.2, -0.15) is 4.99 Å². The summed E-state index contributed by atoms with van der Waals surface area (Å²) in [6.07, 6.45) is 2.67. The van der Waals surface area contributed by atoms with Gasteiger partial charge in [-0.3, -0.25) is 0 Å². The molecule has 0 rings (SSSR count). The van der Waals surface area contributed by atoms with Crippen molar-refractivity contribution in [1.29, 1.82) is 0 Å². The first-order valence-electron chi connectivity index (χ1n) is 1.81. The van der Waals surface area contributed by atoms with Crippen LogP contribution in [0.4, 0.5) is 0 Å². The Kier molecular flexibility index (Phi) is 7.01. The summed E-state index contributed by atoms with van der Waals surface area (Å²) >= 11 is 0. The monoisotopic (exact) mass is 162 g/mol. The second-order valence-corrected chi connectivity index (χ2v) is 2.73. The number of hydrogen-bond acceptors (Lipinski definition) is 6. The molecule has 0 aliphatic heterocycles. The van der Waals surface area contributed by atoms with E-state index < -0.39 is 0 Å². The topological polar surface area (TPSA) is 58.9 Å². The van der Waals surface area contributed by atoms with Gasteiger partial charge in [-0.1, -0.05) is 0 Å². The van der Waals surface area contributed by atoms with Crippen LogP contribution in [0, 0.1) is 0 Å². The lowest BCUT2D eigenvalue weighted by Crippen LogP contribution is -1.61. The average molecular weight is 162 g/mol. The first-order chi connectivity index (χ1) is 4.41. The van der Waals surface area contributed by atoms with E-state index >= 15 is 0 Å². The summed E-state index contributed by atoms with van der Waals surface area (Å²) in [4.78, 5) is 22.0. The van der Waals surface area contributed by atoms with E-state index in [-0.39, 0.29) is 5.88 Å². The van der Waals surface area contributed by atoms with Crippen molar-refractivity contribution in [2.24, 2.45) is 9.39 Å². The summed E-state index contributed by atoms with van der Waals surface area (Å²) in [5, 5.41) is 0. The molecule has 0 spiro atoms. The van der Waals surface area contributed by atoms with Gasteiger partial charge < -0.3 is 0 Å². The Morgan fingerprint density at radius 1 is 1.33 bits per heavy atom. The highest BCUT2D eigenvalue weighted by atomic mass is 33.1. The van der Waals surface area contributed by atoms with Gasteiger partial charge in [0.15, 0.2) is 0 Å². The van der Waals surface area contributed by atoms with Crippen LogP contribution in [-0.2, 0) is 9.59 Å². The maximum absolute atomic E-state index is 9.42. The molecule has 0 heterocycles. The molecule has 0 aromatic heterocycles. The molecular weight excluding hydrogens is 160 g/mol. The quantitative estimate of drug-likeness (QED) is 0.203. The number of rotatable bonds is 4. The molecule has 48 valence electrons. The standard InChI is InChI=1S/C3H2N2O2S2/c6-1-4-3-8-9-5-2-7/h3H2. The number of nitrogens with zero attached hydrogens (tertiary/aromatic N) is 2. The largest absolute Gasteiger partial charge is 0.248 e. The molecule has 0 saturated heterocycles. The van der Waals surface area contributed by atoms with Crippen molar-refractivity contribution in [1.82, 2.24) is 0 Å². The van der Waals surface area contributed by atoms with E-state index in [0.29, 0.717) is 0 Å². The second-order valence-electron chi connectivity index (χ2n) is 0.753. The molecule has 4 nitrogen and oxygen atoms in total. The van der Waals surface area contributed by atoms with Crippen molar-refractivity contribution in [3.8, 4) is 0 Å². The van der Waals surface area contributed by atoms with Gasteiger partial charge in [0.25, 0.3) is 0 Å². The van der Waals surface area contributed by atoms with Crippen LogP contribution in [0.5, 0.6) is 0 Å². The summed E-state index contributed by atoms with van der Waals surface area (Å²) in [6, 6.07) is 0. The van der Waals surface area contributed by atoms with Gasteiger partial charge in [0.1, 0.15) is 5.88 Å². The van der Waals surface area contributed by atoms with E-state index in [2.05, 4.69) is 9.39 Å². The third-order valence-electron chi connectivity index (χ3n) is 0.309. The number of hydrogen-bond donors (Lipinski definition) is 0. The Balaban J connectivity index is 3.09. The summed E-state index contributed by atoms with van der Waals surface area (Å²) in [6.45, 7) is 0. The fourth-order valence-electron chi connectivity index (χ4n) is 0.118. The van der Waals surface area contributed by atoms with Crippen molar-refractivity contribution < 1.29 is 9.59 Å². The minimum absolute atomic E-state index is 0.263. The maximum atomic E-state index is 9.42. The van der Waals surface area contributed by atoms with Crippen molar-refractivity contribution in [3.05, 3.63) is 0 Å². The summed E-state index contributed by atoms with van der Waals surface area (Å²) in [7, 11) is 2.10. The lowest BCUT2D eigenvalue weighted by Gasteiger charge is -1.80. The van der Waals surface area contributed by atoms with Gasteiger partial charge in [0, 0.05) is 0 Å². The molecule has 0 fully saturated rings. The minimum atomic E-state index is 0.263. The molecule has 0 amide bonds. The molecule has 0 aromatic rings. The van der Waals surface area contributed by atoms with E-state index in [0.717, 1.165) is 21.8 Å². The Morgan fingerprint density at radius 2 is 2.11 bits per heavy atom. The fourth-order valence-corrected chi connectivity index (χ4v) is 0.902. The smallest absolute Gasteiger partial charge is 0.211 e. The van der Waals surface area contributed by atoms with Crippen molar-refractivity contribution in [3.63, 3.8) is 0 Å². The van der Waals surface area contributed by atoms with E-state index in [1.807, 2.05) is 0 Å². The predicted octanol–water partition coefficient (Wildman–Crippen LogP) is 0.912. The molecule has 0 unspecified atom stereocenters. The van der Waals surface area contributed by atoms with E-state index in [1.165, 1.54) is 12.2 Å². The van der Waals surface area contributed by atoms with E-state index in [1.54, 1.807) is 0 Å². The van der Waals surface area contributed by atoms with Gasteiger partial charge >= 0.3 is 0 Å². The van der Waals surface area contributed by atoms with Crippen molar-refractivity contribution in [2.75, 3.05) is 5.88 Å². The molecule has 0 saturated carbocycles. The summed E-state index contributed by atoms with van der Waals surface area (Å²) < 4.78 is 3.13. The lowest BCUT2D eigenvalue weighted by molar-refractivity contribution is 0.564. The Hall–Kier alpha value is -0.540. The van der Waals surface area contributed by atoms with Crippen LogP contribution < -0.4 is 0 Å². The molecule has 0 aromatic carbocycles. The molecule has 0 N–H and O–H groups in total. The Bertz CT molecular complexity index is 141. The van der Waals surface area contributed by atoms with Crippen molar-refractivity contribution in [2.45, 2.75) is 0 Å². The Labute approximate surface area is 59.4 Å². The molecule has 0 atom stereocenters. The molecule has 6 heteroatoms. The first kappa shape index (κ1) is 8.46. The zero-order valence-corrected chi connectivity index (χ0v) is 5.87. The molecule has 0 bridgehead atoms. The first-order valence-corrected chi connectivity index (χ1v) is 4.09.